The van der Waals surface area contributed by atoms with Crippen LogP contribution in [0.1, 0.15) is 27.7 Å². The Morgan fingerprint density at radius 1 is 0.880 bits per heavy atom. The molecule has 1 heterocycles. The topological polar surface area (TPSA) is 126 Å². The monoisotopic (exact) mass is 361 g/mol. The van der Waals surface area contributed by atoms with Crippen molar-refractivity contribution in [3.63, 3.8) is 0 Å². The van der Waals surface area contributed by atoms with Gasteiger partial charge in [-0.3, -0.25) is 19.2 Å². The standard InChI is InChI=1S/C15H23NO9/c1-7(17)16-12-14(23-9(3)19)13(22-8(2)18)11(6-21-5)25-15(12)24-10(4)20/h11-15H,6H2,1-5H3,(H,16,17)/t11-,12-,13+,14-,15+/m1/s1. The fraction of sp³-hybridized carbons (Fsp3) is 0.733. The van der Waals surface area contributed by atoms with E-state index in [2.05, 4.69) is 5.32 Å². The molecule has 142 valence electrons. The van der Waals surface area contributed by atoms with Crippen molar-refractivity contribution in [1.82, 2.24) is 5.32 Å². The summed E-state index contributed by atoms with van der Waals surface area (Å²) >= 11 is 0. The van der Waals surface area contributed by atoms with E-state index in [1.807, 2.05) is 0 Å². The van der Waals surface area contributed by atoms with E-state index in [4.69, 9.17) is 23.7 Å². The minimum atomic E-state index is -1.25. The molecule has 0 aromatic rings. The quantitative estimate of drug-likeness (QED) is 0.482. The third-order valence-corrected chi connectivity index (χ3v) is 3.23. The molecular weight excluding hydrogens is 338 g/mol. The van der Waals surface area contributed by atoms with E-state index in [1.165, 1.54) is 27.9 Å². The van der Waals surface area contributed by atoms with E-state index < -0.39 is 54.5 Å². The molecule has 10 nitrogen and oxygen atoms in total. The predicted octanol–water partition coefficient (Wildman–Crippen LogP) is -0.711. The number of carbonyl (C=O) groups is 4. The maximum Gasteiger partial charge on any atom is 0.305 e. The fourth-order valence-corrected chi connectivity index (χ4v) is 2.52. The highest BCUT2D eigenvalue weighted by Crippen LogP contribution is 2.27. The molecule has 0 aliphatic carbocycles. The molecule has 1 saturated heterocycles. The van der Waals surface area contributed by atoms with Crippen LogP contribution in [0.5, 0.6) is 0 Å². The highest BCUT2D eigenvalue weighted by Gasteiger charge is 2.51. The zero-order valence-corrected chi connectivity index (χ0v) is 14.8. The molecule has 1 rings (SSSR count). The SMILES string of the molecule is COC[C@H]1O[C@H](OC(C)=O)[C@H](NC(C)=O)[C@@H](OC(C)=O)[C@H]1OC(C)=O. The highest BCUT2D eigenvalue weighted by molar-refractivity contribution is 5.74. The van der Waals surface area contributed by atoms with Gasteiger partial charge in [0.25, 0.3) is 0 Å². The summed E-state index contributed by atoms with van der Waals surface area (Å²) in [5.41, 5.74) is 0. The molecule has 0 unspecified atom stereocenters. The van der Waals surface area contributed by atoms with E-state index >= 15 is 0 Å². The van der Waals surface area contributed by atoms with Crippen molar-refractivity contribution >= 4 is 23.8 Å². The molecule has 0 saturated carbocycles. The van der Waals surface area contributed by atoms with Crippen LogP contribution in [0.15, 0.2) is 0 Å². The van der Waals surface area contributed by atoms with Crippen LogP contribution in [0, 0.1) is 0 Å². The summed E-state index contributed by atoms with van der Waals surface area (Å²) < 4.78 is 26.2. The molecule has 0 bridgehead atoms. The smallest absolute Gasteiger partial charge is 0.305 e. The first kappa shape index (κ1) is 20.8. The molecule has 5 atom stereocenters. The number of hydrogen-bond donors (Lipinski definition) is 1. The Balaban J connectivity index is 3.25. The Hall–Kier alpha value is -2.20. The molecule has 0 aromatic heterocycles. The highest BCUT2D eigenvalue weighted by atomic mass is 16.7. The third-order valence-electron chi connectivity index (χ3n) is 3.23. The van der Waals surface area contributed by atoms with Gasteiger partial charge in [-0.1, -0.05) is 0 Å². The Labute approximate surface area is 145 Å². The van der Waals surface area contributed by atoms with Gasteiger partial charge in [0.05, 0.1) is 6.61 Å². The molecule has 0 radical (unpaired) electrons. The van der Waals surface area contributed by atoms with Crippen molar-refractivity contribution in [3.8, 4) is 0 Å². The molecule has 25 heavy (non-hydrogen) atoms. The minimum Gasteiger partial charge on any atom is -0.456 e. The Kier molecular flexibility index (Phi) is 7.78. The summed E-state index contributed by atoms with van der Waals surface area (Å²) in [5, 5.41) is 2.51. The van der Waals surface area contributed by atoms with Crippen molar-refractivity contribution in [2.45, 2.75) is 58.3 Å². The second-order valence-corrected chi connectivity index (χ2v) is 5.48. The van der Waals surface area contributed by atoms with Gasteiger partial charge < -0.3 is 29.0 Å². The number of methoxy groups -OCH3 is 1. The van der Waals surface area contributed by atoms with Crippen LogP contribution in [-0.4, -0.2) is 68.2 Å². The van der Waals surface area contributed by atoms with Gasteiger partial charge in [0, 0.05) is 34.8 Å². The molecule has 1 aliphatic rings. The first-order valence-electron chi connectivity index (χ1n) is 7.58. The average molecular weight is 361 g/mol. The number of esters is 3. The molecule has 0 spiro atoms. The lowest BCUT2D eigenvalue weighted by Gasteiger charge is -2.44. The molecule has 1 aliphatic heterocycles. The van der Waals surface area contributed by atoms with Gasteiger partial charge in [0.2, 0.25) is 12.2 Å². The zero-order chi connectivity index (χ0) is 19.1. The molecular formula is C15H23NO9. The second kappa shape index (κ2) is 9.33. The van der Waals surface area contributed by atoms with Gasteiger partial charge in [-0.25, -0.2) is 0 Å². The number of amides is 1. The number of rotatable bonds is 6. The summed E-state index contributed by atoms with van der Waals surface area (Å²) in [6.45, 7) is 4.72. The molecule has 0 aromatic carbocycles. The van der Waals surface area contributed by atoms with Gasteiger partial charge in [-0.05, 0) is 0 Å². The van der Waals surface area contributed by atoms with Crippen LogP contribution in [-0.2, 0) is 42.9 Å². The Morgan fingerprint density at radius 2 is 1.40 bits per heavy atom. The normalized spacial score (nSPS) is 28.6. The van der Waals surface area contributed by atoms with Crippen LogP contribution in [0.2, 0.25) is 0 Å². The summed E-state index contributed by atoms with van der Waals surface area (Å²) in [7, 11) is 1.40. The molecule has 1 amide bonds. The van der Waals surface area contributed by atoms with Crippen LogP contribution >= 0.6 is 0 Å². The number of carbonyl (C=O) groups excluding carboxylic acids is 4. The van der Waals surface area contributed by atoms with Gasteiger partial charge in [0.1, 0.15) is 12.1 Å². The van der Waals surface area contributed by atoms with E-state index in [9.17, 15) is 19.2 Å². The van der Waals surface area contributed by atoms with Crippen molar-refractivity contribution in [3.05, 3.63) is 0 Å². The van der Waals surface area contributed by atoms with E-state index in [1.54, 1.807) is 0 Å². The van der Waals surface area contributed by atoms with Crippen molar-refractivity contribution < 1.29 is 42.9 Å². The van der Waals surface area contributed by atoms with Gasteiger partial charge in [0.15, 0.2) is 12.2 Å². The lowest BCUT2D eigenvalue weighted by Crippen LogP contribution is -2.66. The van der Waals surface area contributed by atoms with Crippen molar-refractivity contribution in [2.24, 2.45) is 0 Å². The lowest BCUT2D eigenvalue weighted by atomic mass is 9.96. The lowest BCUT2D eigenvalue weighted by molar-refractivity contribution is -0.270. The number of ether oxygens (including phenoxy) is 5. The summed E-state index contributed by atoms with van der Waals surface area (Å²) in [6.07, 6.45) is -4.33. The van der Waals surface area contributed by atoms with E-state index in [-0.39, 0.29) is 6.61 Å². The van der Waals surface area contributed by atoms with Gasteiger partial charge in [-0.2, -0.15) is 0 Å². The first-order valence-corrected chi connectivity index (χ1v) is 7.58. The van der Waals surface area contributed by atoms with Crippen LogP contribution in [0.3, 0.4) is 0 Å². The largest absolute Gasteiger partial charge is 0.456 e. The van der Waals surface area contributed by atoms with Crippen LogP contribution in [0.4, 0.5) is 0 Å². The Morgan fingerprint density at radius 3 is 1.84 bits per heavy atom. The van der Waals surface area contributed by atoms with Gasteiger partial charge in [-0.15, -0.1) is 0 Å². The zero-order valence-electron chi connectivity index (χ0n) is 14.8. The second-order valence-electron chi connectivity index (χ2n) is 5.48. The minimum absolute atomic E-state index is 0.0275. The van der Waals surface area contributed by atoms with Crippen LogP contribution < -0.4 is 5.32 Å². The maximum atomic E-state index is 11.5. The number of nitrogens with one attached hydrogen (secondary N) is 1. The predicted molar refractivity (Wildman–Crippen MR) is 81.0 cm³/mol. The van der Waals surface area contributed by atoms with E-state index in [0.29, 0.717) is 0 Å². The first-order chi connectivity index (χ1) is 11.6. The van der Waals surface area contributed by atoms with Crippen LogP contribution in [0.25, 0.3) is 0 Å². The Bertz CT molecular complexity index is 521. The van der Waals surface area contributed by atoms with Gasteiger partial charge >= 0.3 is 17.9 Å². The summed E-state index contributed by atoms with van der Waals surface area (Å²) in [5.74, 6) is -2.45. The molecule has 10 heteroatoms. The summed E-state index contributed by atoms with van der Waals surface area (Å²) in [6, 6.07) is -1.07. The maximum absolute atomic E-state index is 11.5. The summed E-state index contributed by atoms with van der Waals surface area (Å²) in [4.78, 5) is 45.8. The van der Waals surface area contributed by atoms with Crippen molar-refractivity contribution in [1.29, 1.82) is 0 Å². The van der Waals surface area contributed by atoms with E-state index in [0.717, 1.165) is 6.92 Å². The number of hydrogen-bond acceptors (Lipinski definition) is 9. The van der Waals surface area contributed by atoms with Crippen molar-refractivity contribution in [2.75, 3.05) is 13.7 Å². The average Bonchev–Trinajstić information content (AvgIpc) is 2.45. The third kappa shape index (κ3) is 6.31. The molecule has 1 fully saturated rings. The fourth-order valence-electron chi connectivity index (χ4n) is 2.52. The molecule has 1 N–H and O–H groups in total.